The van der Waals surface area contributed by atoms with Crippen molar-refractivity contribution in [2.45, 2.75) is 51.0 Å². The van der Waals surface area contributed by atoms with E-state index < -0.39 is 0 Å². The molecule has 0 saturated heterocycles. The van der Waals surface area contributed by atoms with E-state index in [2.05, 4.69) is 51.2 Å². The van der Waals surface area contributed by atoms with E-state index in [9.17, 15) is 0 Å². The molecule has 1 aliphatic rings. The molecule has 0 radical (unpaired) electrons. The van der Waals surface area contributed by atoms with Gasteiger partial charge < -0.3 is 4.90 Å². The minimum atomic E-state index is 0.899. The number of unbranched alkanes of at least 4 members (excludes halogenated alkanes) is 1. The van der Waals surface area contributed by atoms with Gasteiger partial charge in [0.25, 0.3) is 0 Å². The molecule has 0 spiro atoms. The van der Waals surface area contributed by atoms with Crippen LogP contribution in [-0.4, -0.2) is 29.4 Å². The Balaban J connectivity index is 1.64. The molecular weight excluding hydrogens is 298 g/mol. The number of alkyl halides is 1. The molecule has 0 bridgehead atoms. The monoisotopic (exact) mass is 323 g/mol. The molecule has 19 heavy (non-hydrogen) atoms. The molecule has 1 saturated carbocycles. The molecule has 0 atom stereocenters. The van der Waals surface area contributed by atoms with Gasteiger partial charge in [-0.25, -0.2) is 0 Å². The van der Waals surface area contributed by atoms with Crippen molar-refractivity contribution in [1.82, 2.24) is 4.90 Å². The first-order valence-corrected chi connectivity index (χ1v) is 8.86. The third-order valence-electron chi connectivity index (χ3n) is 4.17. The zero-order valence-corrected chi connectivity index (χ0v) is 13.4. The zero-order chi connectivity index (χ0) is 13.3. The van der Waals surface area contributed by atoms with Crippen LogP contribution >= 0.6 is 15.9 Å². The van der Waals surface area contributed by atoms with Crippen LogP contribution in [0.5, 0.6) is 0 Å². The number of hydrogen-bond acceptors (Lipinski definition) is 1. The number of aryl methyl sites for hydroxylation is 1. The summed E-state index contributed by atoms with van der Waals surface area (Å²) >= 11 is 3.55. The maximum Gasteiger partial charge on any atom is 0.00952 e. The molecule has 1 aliphatic carbocycles. The zero-order valence-electron chi connectivity index (χ0n) is 11.9. The summed E-state index contributed by atoms with van der Waals surface area (Å²) in [6.45, 7) is 2.58. The fourth-order valence-electron chi connectivity index (χ4n) is 2.78. The van der Waals surface area contributed by atoms with Gasteiger partial charge in [-0.2, -0.15) is 0 Å². The fourth-order valence-corrected chi connectivity index (χ4v) is 3.03. The highest BCUT2D eigenvalue weighted by atomic mass is 79.9. The van der Waals surface area contributed by atoms with Gasteiger partial charge >= 0.3 is 0 Å². The second kappa shape index (κ2) is 8.76. The number of halogens is 1. The van der Waals surface area contributed by atoms with Crippen molar-refractivity contribution < 1.29 is 0 Å². The maximum atomic E-state index is 3.55. The second-order valence-corrected chi connectivity index (χ2v) is 6.40. The Labute approximate surface area is 126 Å². The van der Waals surface area contributed by atoms with Crippen LogP contribution in [0.25, 0.3) is 0 Å². The quantitative estimate of drug-likeness (QED) is 0.472. The van der Waals surface area contributed by atoms with Crippen LogP contribution < -0.4 is 0 Å². The molecule has 0 heterocycles. The van der Waals surface area contributed by atoms with Crippen LogP contribution in [-0.2, 0) is 6.42 Å². The predicted octanol–water partition coefficient (Wildman–Crippen LogP) is 4.65. The minimum absolute atomic E-state index is 0.899. The lowest BCUT2D eigenvalue weighted by atomic mass is 9.91. The van der Waals surface area contributed by atoms with Gasteiger partial charge in [0.05, 0.1) is 0 Å². The highest BCUT2D eigenvalue weighted by Crippen LogP contribution is 2.25. The summed E-state index contributed by atoms with van der Waals surface area (Å²) in [7, 11) is 0. The van der Waals surface area contributed by atoms with E-state index in [1.807, 2.05) is 0 Å². The topological polar surface area (TPSA) is 3.24 Å². The van der Waals surface area contributed by atoms with Gasteiger partial charge in [0.15, 0.2) is 0 Å². The average Bonchev–Trinajstić information content (AvgIpc) is 2.39. The van der Waals surface area contributed by atoms with Crippen molar-refractivity contribution in [2.24, 2.45) is 0 Å². The van der Waals surface area contributed by atoms with Gasteiger partial charge in [0, 0.05) is 11.4 Å². The van der Waals surface area contributed by atoms with Gasteiger partial charge in [-0.05, 0) is 57.2 Å². The molecule has 1 fully saturated rings. The van der Waals surface area contributed by atoms with Crippen LogP contribution in [0.2, 0.25) is 0 Å². The first-order chi connectivity index (χ1) is 9.40. The summed E-state index contributed by atoms with van der Waals surface area (Å²) in [5, 5.41) is 1.14. The molecule has 0 unspecified atom stereocenters. The molecule has 1 nitrogen and oxygen atoms in total. The first-order valence-electron chi connectivity index (χ1n) is 7.74. The SMILES string of the molecule is BrCCCN(CCCCc1ccccc1)C1CCC1. The summed E-state index contributed by atoms with van der Waals surface area (Å²) in [4.78, 5) is 2.73. The van der Waals surface area contributed by atoms with Crippen molar-refractivity contribution in [1.29, 1.82) is 0 Å². The number of rotatable bonds is 9. The van der Waals surface area contributed by atoms with Gasteiger partial charge in [0.1, 0.15) is 0 Å². The van der Waals surface area contributed by atoms with Crippen LogP contribution in [0.1, 0.15) is 44.1 Å². The fraction of sp³-hybridized carbons (Fsp3) is 0.647. The van der Waals surface area contributed by atoms with Crippen molar-refractivity contribution in [3.05, 3.63) is 35.9 Å². The molecule has 106 valence electrons. The average molecular weight is 324 g/mol. The molecule has 0 N–H and O–H groups in total. The maximum absolute atomic E-state index is 3.55. The van der Waals surface area contributed by atoms with Crippen LogP contribution in [0, 0.1) is 0 Å². The predicted molar refractivity (Wildman–Crippen MR) is 87.0 cm³/mol. The summed E-state index contributed by atoms with van der Waals surface area (Å²) < 4.78 is 0. The second-order valence-electron chi connectivity index (χ2n) is 5.61. The van der Waals surface area contributed by atoms with Gasteiger partial charge in [-0.1, -0.05) is 52.7 Å². The molecule has 1 aromatic rings. The molecule has 1 aromatic carbocycles. The standard InChI is InChI=1S/C17H26BrN/c18-13-7-15-19(17-11-6-12-17)14-5-4-10-16-8-2-1-3-9-16/h1-3,8-9,17H,4-7,10-15H2. The van der Waals surface area contributed by atoms with E-state index in [1.165, 1.54) is 63.6 Å². The smallest absolute Gasteiger partial charge is 0.00952 e. The third kappa shape index (κ3) is 5.27. The lowest BCUT2D eigenvalue weighted by molar-refractivity contribution is 0.125. The van der Waals surface area contributed by atoms with Crippen molar-refractivity contribution in [3.63, 3.8) is 0 Å². The van der Waals surface area contributed by atoms with Gasteiger partial charge in [0.2, 0.25) is 0 Å². The Hall–Kier alpha value is -0.340. The third-order valence-corrected chi connectivity index (χ3v) is 4.73. The van der Waals surface area contributed by atoms with Crippen molar-refractivity contribution >= 4 is 15.9 Å². The number of hydrogen-bond donors (Lipinski definition) is 0. The number of benzene rings is 1. The molecular formula is C17H26BrN. The number of nitrogens with zero attached hydrogens (tertiary/aromatic N) is 1. The van der Waals surface area contributed by atoms with E-state index >= 15 is 0 Å². The summed E-state index contributed by atoms with van der Waals surface area (Å²) in [5.74, 6) is 0. The van der Waals surface area contributed by atoms with E-state index in [0.717, 1.165) is 11.4 Å². The summed E-state index contributed by atoms with van der Waals surface area (Å²) in [6, 6.07) is 11.8. The molecule has 2 heteroatoms. The molecule has 0 aromatic heterocycles. The lowest BCUT2D eigenvalue weighted by Crippen LogP contribution is -2.41. The molecule has 0 aliphatic heterocycles. The van der Waals surface area contributed by atoms with Crippen LogP contribution in [0.4, 0.5) is 0 Å². The Kier molecular flexibility index (Phi) is 6.94. The highest BCUT2D eigenvalue weighted by molar-refractivity contribution is 9.09. The van der Waals surface area contributed by atoms with Crippen LogP contribution in [0.3, 0.4) is 0 Å². The van der Waals surface area contributed by atoms with Crippen molar-refractivity contribution in [2.75, 3.05) is 18.4 Å². The van der Waals surface area contributed by atoms with Crippen LogP contribution in [0.15, 0.2) is 30.3 Å². The Morgan fingerprint density at radius 1 is 1.00 bits per heavy atom. The molecule has 0 amide bonds. The lowest BCUT2D eigenvalue weighted by Gasteiger charge is -2.37. The molecule has 2 rings (SSSR count). The summed E-state index contributed by atoms with van der Waals surface area (Å²) in [6.07, 6.45) is 9.49. The largest absolute Gasteiger partial charge is 0.300 e. The Morgan fingerprint density at radius 2 is 1.74 bits per heavy atom. The Bertz CT molecular complexity index is 334. The first kappa shape index (κ1) is 15.1. The van der Waals surface area contributed by atoms with Gasteiger partial charge in [-0.15, -0.1) is 0 Å². The minimum Gasteiger partial charge on any atom is -0.300 e. The van der Waals surface area contributed by atoms with E-state index in [4.69, 9.17) is 0 Å². The van der Waals surface area contributed by atoms with E-state index in [0.29, 0.717) is 0 Å². The van der Waals surface area contributed by atoms with Crippen molar-refractivity contribution in [3.8, 4) is 0 Å². The highest BCUT2D eigenvalue weighted by Gasteiger charge is 2.23. The summed E-state index contributed by atoms with van der Waals surface area (Å²) in [5.41, 5.74) is 1.48. The van der Waals surface area contributed by atoms with Gasteiger partial charge in [-0.3, -0.25) is 0 Å². The Morgan fingerprint density at radius 3 is 2.37 bits per heavy atom. The normalized spacial score (nSPS) is 15.7. The van der Waals surface area contributed by atoms with E-state index in [1.54, 1.807) is 0 Å². The van der Waals surface area contributed by atoms with E-state index in [-0.39, 0.29) is 0 Å².